The zero-order valence-corrected chi connectivity index (χ0v) is 15.5. The van der Waals surface area contributed by atoms with Gasteiger partial charge in [-0.25, -0.2) is 9.78 Å². The molecule has 0 aliphatic heterocycles. The summed E-state index contributed by atoms with van der Waals surface area (Å²) in [6, 6.07) is 0. The number of hydrogen-bond acceptors (Lipinski definition) is 4. The van der Waals surface area contributed by atoms with Crippen LogP contribution in [-0.4, -0.2) is 29.4 Å². The molecule has 1 saturated carbocycles. The van der Waals surface area contributed by atoms with Crippen LogP contribution < -0.4 is 11.2 Å². The second-order valence-corrected chi connectivity index (χ2v) is 8.16. The highest BCUT2D eigenvalue weighted by Crippen LogP contribution is 2.32. The smallest absolute Gasteiger partial charge is 0.332 e. The maximum atomic E-state index is 13.0. The average Bonchev–Trinajstić information content (AvgIpc) is 2.94. The van der Waals surface area contributed by atoms with Crippen molar-refractivity contribution < 1.29 is 5.11 Å². The molecule has 1 N–H and O–H groups in total. The van der Waals surface area contributed by atoms with Crippen molar-refractivity contribution in [2.24, 2.45) is 18.9 Å². The Labute approximate surface area is 146 Å². The van der Waals surface area contributed by atoms with Crippen LogP contribution in [0.15, 0.2) is 15.9 Å². The number of nitrogens with zero attached hydrogens (tertiary/aromatic N) is 4. The lowest BCUT2D eigenvalue weighted by Gasteiger charge is -2.33. The normalized spacial score (nSPS) is 24.3. The molecule has 7 nitrogen and oxygen atoms in total. The molecule has 3 rings (SSSR count). The monoisotopic (exact) mass is 348 g/mol. The minimum atomic E-state index is -0.619. The minimum absolute atomic E-state index is 0.240. The minimum Gasteiger partial charge on any atom is -0.390 e. The number of aliphatic hydroxyl groups is 1. The molecule has 0 unspecified atom stereocenters. The van der Waals surface area contributed by atoms with E-state index in [2.05, 4.69) is 18.8 Å². The maximum absolute atomic E-state index is 13.0. The lowest BCUT2D eigenvalue weighted by Crippen LogP contribution is -2.42. The first-order valence-corrected chi connectivity index (χ1v) is 9.06. The molecule has 0 bridgehead atoms. The van der Waals surface area contributed by atoms with Crippen LogP contribution in [0.25, 0.3) is 11.2 Å². The van der Waals surface area contributed by atoms with Crippen molar-refractivity contribution >= 4 is 11.2 Å². The van der Waals surface area contributed by atoms with Crippen molar-refractivity contribution in [3.8, 4) is 0 Å². The van der Waals surface area contributed by atoms with Gasteiger partial charge in [0.25, 0.3) is 5.56 Å². The first kappa shape index (κ1) is 17.9. The molecule has 25 heavy (non-hydrogen) atoms. The van der Waals surface area contributed by atoms with Crippen LogP contribution in [0.4, 0.5) is 0 Å². The highest BCUT2D eigenvalue weighted by Gasteiger charge is 2.29. The van der Waals surface area contributed by atoms with E-state index < -0.39 is 5.60 Å². The summed E-state index contributed by atoms with van der Waals surface area (Å²) in [6.07, 6.45) is 4.71. The van der Waals surface area contributed by atoms with Crippen LogP contribution >= 0.6 is 0 Å². The van der Waals surface area contributed by atoms with Gasteiger partial charge in [-0.15, -0.1) is 0 Å². The molecule has 0 spiro atoms. The zero-order valence-electron chi connectivity index (χ0n) is 15.5. The van der Waals surface area contributed by atoms with Crippen LogP contribution in [0.5, 0.6) is 0 Å². The largest absolute Gasteiger partial charge is 0.390 e. The number of aryl methyl sites for hydroxylation is 1. The Morgan fingerprint density at radius 2 is 1.96 bits per heavy atom. The van der Waals surface area contributed by atoms with Gasteiger partial charge in [-0.05, 0) is 44.4 Å². The van der Waals surface area contributed by atoms with Crippen LogP contribution in [0, 0.1) is 11.8 Å². The molecule has 2 aromatic rings. The molecule has 0 saturated heterocycles. The van der Waals surface area contributed by atoms with E-state index in [1.807, 2.05) is 11.5 Å². The molecular formula is C18H28N4O3. The van der Waals surface area contributed by atoms with E-state index in [0.717, 1.165) is 12.8 Å². The molecule has 2 heterocycles. The SMILES string of the molecule is CC(C)Cn1cnc2c1c(=O)n(CC1CCC(C)(O)CC1)c(=O)n2C. The van der Waals surface area contributed by atoms with Gasteiger partial charge >= 0.3 is 5.69 Å². The molecule has 0 radical (unpaired) electrons. The van der Waals surface area contributed by atoms with E-state index in [-0.39, 0.29) is 17.2 Å². The Morgan fingerprint density at radius 1 is 1.32 bits per heavy atom. The van der Waals surface area contributed by atoms with Crippen molar-refractivity contribution in [1.29, 1.82) is 0 Å². The molecule has 2 aromatic heterocycles. The molecule has 1 fully saturated rings. The van der Waals surface area contributed by atoms with E-state index in [1.54, 1.807) is 13.4 Å². The Balaban J connectivity index is 2.00. The molecule has 1 aliphatic carbocycles. The van der Waals surface area contributed by atoms with Gasteiger partial charge in [0.05, 0.1) is 11.9 Å². The molecule has 0 amide bonds. The summed E-state index contributed by atoms with van der Waals surface area (Å²) >= 11 is 0. The number of aromatic nitrogens is 4. The molecule has 0 atom stereocenters. The van der Waals surface area contributed by atoms with Crippen LogP contribution in [0.2, 0.25) is 0 Å². The standard InChI is InChI=1S/C18H28N4O3/c1-12(2)9-21-11-19-15-14(21)16(23)22(17(24)20(15)4)10-13-5-7-18(3,25)8-6-13/h11-13,25H,5-10H2,1-4H3. The summed E-state index contributed by atoms with van der Waals surface area (Å²) in [5.74, 6) is 0.618. The number of imidazole rings is 1. The predicted octanol–water partition coefficient (Wildman–Crippen LogP) is 1.49. The third kappa shape index (κ3) is 3.42. The summed E-state index contributed by atoms with van der Waals surface area (Å²) in [4.78, 5) is 29.9. The summed E-state index contributed by atoms with van der Waals surface area (Å²) in [5, 5.41) is 10.1. The van der Waals surface area contributed by atoms with Gasteiger partial charge in [0.1, 0.15) is 0 Å². The first-order chi connectivity index (χ1) is 11.7. The Kier molecular flexibility index (Phi) is 4.62. The van der Waals surface area contributed by atoms with Gasteiger partial charge in [-0.2, -0.15) is 0 Å². The van der Waals surface area contributed by atoms with Gasteiger partial charge in [0.2, 0.25) is 0 Å². The summed E-state index contributed by atoms with van der Waals surface area (Å²) in [5.41, 5.74) is -0.248. The highest BCUT2D eigenvalue weighted by molar-refractivity contribution is 5.69. The van der Waals surface area contributed by atoms with Gasteiger partial charge in [0, 0.05) is 20.1 Å². The van der Waals surface area contributed by atoms with Crippen molar-refractivity contribution in [2.45, 2.75) is 65.1 Å². The molecule has 1 aliphatic rings. The fourth-order valence-electron chi connectivity index (χ4n) is 3.76. The lowest BCUT2D eigenvalue weighted by molar-refractivity contribution is 0.00550. The Morgan fingerprint density at radius 3 is 2.56 bits per heavy atom. The van der Waals surface area contributed by atoms with Crippen LogP contribution in [0.1, 0.15) is 46.5 Å². The van der Waals surface area contributed by atoms with Crippen molar-refractivity contribution in [3.63, 3.8) is 0 Å². The number of rotatable bonds is 4. The summed E-state index contributed by atoms with van der Waals surface area (Å²) in [6.45, 7) is 7.12. The van der Waals surface area contributed by atoms with Crippen molar-refractivity contribution in [2.75, 3.05) is 0 Å². The third-order valence-electron chi connectivity index (χ3n) is 5.29. The maximum Gasteiger partial charge on any atom is 0.332 e. The molecule has 7 heteroatoms. The van der Waals surface area contributed by atoms with E-state index >= 15 is 0 Å². The number of hydrogen-bond donors (Lipinski definition) is 1. The predicted molar refractivity (Wildman–Crippen MR) is 96.7 cm³/mol. The van der Waals surface area contributed by atoms with E-state index in [4.69, 9.17) is 0 Å². The van der Waals surface area contributed by atoms with Gasteiger partial charge < -0.3 is 9.67 Å². The number of fused-ring (bicyclic) bond motifs is 1. The average molecular weight is 348 g/mol. The van der Waals surface area contributed by atoms with Crippen molar-refractivity contribution in [3.05, 3.63) is 27.2 Å². The topological polar surface area (TPSA) is 82.1 Å². The van der Waals surface area contributed by atoms with Gasteiger partial charge in [-0.3, -0.25) is 13.9 Å². The first-order valence-electron chi connectivity index (χ1n) is 9.06. The molecule has 0 aromatic carbocycles. The van der Waals surface area contributed by atoms with E-state index in [0.29, 0.717) is 43.0 Å². The fourth-order valence-corrected chi connectivity index (χ4v) is 3.76. The summed E-state index contributed by atoms with van der Waals surface area (Å²) in [7, 11) is 1.67. The fraction of sp³-hybridized carbons (Fsp3) is 0.722. The zero-order chi connectivity index (χ0) is 18.4. The second kappa shape index (κ2) is 6.44. The van der Waals surface area contributed by atoms with Gasteiger partial charge in [0.15, 0.2) is 11.2 Å². The Bertz CT molecular complexity index is 878. The lowest BCUT2D eigenvalue weighted by atomic mass is 9.80. The second-order valence-electron chi connectivity index (χ2n) is 8.16. The van der Waals surface area contributed by atoms with E-state index in [9.17, 15) is 14.7 Å². The Hall–Kier alpha value is -1.89. The molecular weight excluding hydrogens is 320 g/mol. The summed E-state index contributed by atoms with van der Waals surface area (Å²) < 4.78 is 4.67. The highest BCUT2D eigenvalue weighted by atomic mass is 16.3. The molecule has 138 valence electrons. The quantitative estimate of drug-likeness (QED) is 0.908. The van der Waals surface area contributed by atoms with Crippen LogP contribution in [0.3, 0.4) is 0 Å². The van der Waals surface area contributed by atoms with Crippen molar-refractivity contribution in [1.82, 2.24) is 18.7 Å². The van der Waals surface area contributed by atoms with Crippen LogP contribution in [-0.2, 0) is 20.1 Å². The third-order valence-corrected chi connectivity index (χ3v) is 5.29. The van der Waals surface area contributed by atoms with Gasteiger partial charge in [-0.1, -0.05) is 13.8 Å². The van der Waals surface area contributed by atoms with E-state index in [1.165, 1.54) is 9.13 Å².